The highest BCUT2D eigenvalue weighted by atomic mass is 35.5. The Morgan fingerprint density at radius 1 is 1.03 bits per heavy atom. The van der Waals surface area contributed by atoms with E-state index < -0.39 is 0 Å². The van der Waals surface area contributed by atoms with Crippen molar-refractivity contribution >= 4 is 11.6 Å². The first-order valence-corrected chi connectivity index (χ1v) is 11.7. The molecule has 0 heterocycles. The minimum atomic E-state index is -0.377. The molecule has 0 nitrogen and oxygen atoms in total. The smallest absolute Gasteiger partial charge is 0.140 e. The molecular formula is C28H32ClF. The van der Waals surface area contributed by atoms with Gasteiger partial charge in [0.2, 0.25) is 0 Å². The number of benzene rings is 2. The largest absolute Gasteiger partial charge is 0.206 e. The van der Waals surface area contributed by atoms with Crippen LogP contribution in [-0.2, 0) is 6.42 Å². The highest BCUT2D eigenvalue weighted by Crippen LogP contribution is 2.32. The molecule has 0 aliphatic heterocycles. The molecule has 0 atom stereocenters. The molecule has 158 valence electrons. The van der Waals surface area contributed by atoms with Crippen molar-refractivity contribution in [3.05, 3.63) is 82.1 Å². The standard InChI is InChI=1S/C28H32ClF/c1-2-3-4-5-6-22-7-9-23(10-8-22)11-12-24-13-15-25(16-14-24)17-18-26-19-20-27(29)21-28(26)30/h5-6,13-16,19-23H,2-4,7-12H2,1H3/b6-5+. The van der Waals surface area contributed by atoms with Crippen LogP contribution in [0.4, 0.5) is 4.39 Å². The topological polar surface area (TPSA) is 0 Å². The number of aryl methyl sites for hydroxylation is 1. The van der Waals surface area contributed by atoms with E-state index in [1.165, 1.54) is 63.0 Å². The number of hydrogen-bond acceptors (Lipinski definition) is 0. The SMILES string of the molecule is CCCC/C=C/C1CCC(CCc2ccc(C#Cc3ccc(Cl)cc3F)cc2)CC1. The maximum absolute atomic E-state index is 13.8. The quantitative estimate of drug-likeness (QED) is 0.239. The molecule has 3 rings (SSSR count). The lowest BCUT2D eigenvalue weighted by molar-refractivity contribution is 0.296. The van der Waals surface area contributed by atoms with Gasteiger partial charge in [0, 0.05) is 10.6 Å². The van der Waals surface area contributed by atoms with Gasteiger partial charge in [-0.3, -0.25) is 0 Å². The first-order chi connectivity index (χ1) is 14.6. The minimum Gasteiger partial charge on any atom is -0.206 e. The Labute approximate surface area is 186 Å². The van der Waals surface area contributed by atoms with E-state index in [9.17, 15) is 4.39 Å². The summed E-state index contributed by atoms with van der Waals surface area (Å²) < 4.78 is 13.8. The Morgan fingerprint density at radius 2 is 1.80 bits per heavy atom. The van der Waals surface area contributed by atoms with Crippen LogP contribution < -0.4 is 0 Å². The van der Waals surface area contributed by atoms with Gasteiger partial charge in [0.25, 0.3) is 0 Å². The van der Waals surface area contributed by atoms with Crippen LogP contribution in [0.5, 0.6) is 0 Å². The summed E-state index contributed by atoms with van der Waals surface area (Å²) in [5, 5.41) is 0.388. The van der Waals surface area contributed by atoms with Gasteiger partial charge in [0.05, 0.1) is 5.56 Å². The third kappa shape index (κ3) is 7.33. The average Bonchev–Trinajstić information content (AvgIpc) is 2.76. The molecule has 0 N–H and O–H groups in total. The summed E-state index contributed by atoms with van der Waals surface area (Å²) >= 11 is 5.78. The number of hydrogen-bond donors (Lipinski definition) is 0. The molecule has 2 heteroatoms. The molecule has 0 aromatic heterocycles. The van der Waals surface area contributed by atoms with Crippen molar-refractivity contribution in [1.29, 1.82) is 0 Å². The number of allylic oxidation sites excluding steroid dienone is 2. The molecule has 0 saturated heterocycles. The highest BCUT2D eigenvalue weighted by Gasteiger charge is 2.19. The zero-order valence-electron chi connectivity index (χ0n) is 18.0. The van der Waals surface area contributed by atoms with E-state index in [1.807, 2.05) is 12.1 Å². The van der Waals surface area contributed by atoms with Crippen LogP contribution in [0.2, 0.25) is 5.02 Å². The maximum atomic E-state index is 13.8. The summed E-state index contributed by atoms with van der Waals surface area (Å²) in [6.45, 7) is 2.25. The molecule has 2 aromatic carbocycles. The fourth-order valence-electron chi connectivity index (χ4n) is 4.14. The Hall–Kier alpha value is -2.04. The van der Waals surface area contributed by atoms with E-state index >= 15 is 0 Å². The Bertz CT molecular complexity index is 877. The van der Waals surface area contributed by atoms with Crippen LogP contribution in [0.3, 0.4) is 0 Å². The molecule has 0 amide bonds. The molecule has 1 aliphatic carbocycles. The molecule has 1 aliphatic rings. The van der Waals surface area contributed by atoms with Gasteiger partial charge in [-0.1, -0.05) is 67.5 Å². The number of unbranched alkanes of at least 4 members (excludes halogenated alkanes) is 2. The zero-order chi connectivity index (χ0) is 21.2. The van der Waals surface area contributed by atoms with Crippen LogP contribution in [-0.4, -0.2) is 0 Å². The van der Waals surface area contributed by atoms with E-state index in [4.69, 9.17) is 11.6 Å². The fraction of sp³-hybridized carbons (Fsp3) is 0.429. The van der Waals surface area contributed by atoms with Gasteiger partial charge < -0.3 is 0 Å². The van der Waals surface area contributed by atoms with Crippen molar-refractivity contribution in [2.75, 3.05) is 0 Å². The van der Waals surface area contributed by atoms with Gasteiger partial charge in [0.1, 0.15) is 5.82 Å². The normalized spacial score (nSPS) is 18.9. The summed E-state index contributed by atoms with van der Waals surface area (Å²) in [6.07, 6.45) is 16.5. The second-order valence-electron chi connectivity index (χ2n) is 8.46. The molecule has 1 fully saturated rings. The highest BCUT2D eigenvalue weighted by molar-refractivity contribution is 6.30. The number of rotatable bonds is 7. The van der Waals surface area contributed by atoms with Gasteiger partial charge in [-0.15, -0.1) is 0 Å². The lowest BCUT2D eigenvalue weighted by atomic mass is 9.79. The molecule has 0 bridgehead atoms. The van der Waals surface area contributed by atoms with Gasteiger partial charge in [-0.25, -0.2) is 4.39 Å². The summed E-state index contributed by atoms with van der Waals surface area (Å²) in [7, 11) is 0. The first-order valence-electron chi connectivity index (χ1n) is 11.4. The summed E-state index contributed by atoms with van der Waals surface area (Å²) in [6, 6.07) is 13.0. The minimum absolute atomic E-state index is 0.374. The van der Waals surface area contributed by atoms with E-state index in [0.29, 0.717) is 10.6 Å². The van der Waals surface area contributed by atoms with Crippen molar-refractivity contribution < 1.29 is 4.39 Å². The van der Waals surface area contributed by atoms with E-state index in [1.54, 1.807) is 12.1 Å². The maximum Gasteiger partial charge on any atom is 0.140 e. The summed E-state index contributed by atoms with van der Waals surface area (Å²) in [5.74, 6) is 7.23. The van der Waals surface area contributed by atoms with Crippen LogP contribution in [0.25, 0.3) is 0 Å². The second kappa shape index (κ2) is 12.0. The molecule has 0 unspecified atom stereocenters. The third-order valence-electron chi connectivity index (χ3n) is 6.09. The molecule has 2 aromatic rings. The van der Waals surface area contributed by atoms with Gasteiger partial charge >= 0.3 is 0 Å². The van der Waals surface area contributed by atoms with Crippen molar-refractivity contribution in [3.8, 4) is 11.8 Å². The fourth-order valence-corrected chi connectivity index (χ4v) is 4.29. The molecule has 0 radical (unpaired) electrons. The molecule has 0 spiro atoms. The molecular weight excluding hydrogens is 391 g/mol. The lowest BCUT2D eigenvalue weighted by Gasteiger charge is -2.26. The monoisotopic (exact) mass is 422 g/mol. The Kier molecular flexibility index (Phi) is 9.03. The molecule has 30 heavy (non-hydrogen) atoms. The lowest BCUT2D eigenvalue weighted by Crippen LogP contribution is -2.13. The van der Waals surface area contributed by atoms with E-state index in [2.05, 4.69) is 43.0 Å². The number of halogens is 2. The predicted octanol–water partition coefficient (Wildman–Crippen LogP) is 8.36. The second-order valence-corrected chi connectivity index (χ2v) is 8.90. The van der Waals surface area contributed by atoms with Crippen molar-refractivity contribution in [2.45, 2.75) is 64.7 Å². The Morgan fingerprint density at radius 3 is 2.50 bits per heavy atom. The van der Waals surface area contributed by atoms with Gasteiger partial charge in [-0.05, 0) is 92.7 Å². The predicted molar refractivity (Wildman–Crippen MR) is 126 cm³/mol. The first kappa shape index (κ1) is 22.6. The van der Waals surface area contributed by atoms with Gasteiger partial charge in [0.15, 0.2) is 0 Å². The van der Waals surface area contributed by atoms with Crippen LogP contribution in [0, 0.1) is 29.5 Å². The summed E-state index contributed by atoms with van der Waals surface area (Å²) in [4.78, 5) is 0. The van der Waals surface area contributed by atoms with Crippen molar-refractivity contribution in [2.24, 2.45) is 11.8 Å². The van der Waals surface area contributed by atoms with Gasteiger partial charge in [-0.2, -0.15) is 0 Å². The van der Waals surface area contributed by atoms with Crippen LogP contribution in [0.1, 0.15) is 75.0 Å². The van der Waals surface area contributed by atoms with Crippen molar-refractivity contribution in [3.63, 3.8) is 0 Å². The van der Waals surface area contributed by atoms with Crippen LogP contribution >= 0.6 is 11.6 Å². The zero-order valence-corrected chi connectivity index (χ0v) is 18.7. The average molecular weight is 423 g/mol. The summed E-state index contributed by atoms with van der Waals surface area (Å²) in [5.41, 5.74) is 2.64. The third-order valence-corrected chi connectivity index (χ3v) is 6.33. The van der Waals surface area contributed by atoms with E-state index in [0.717, 1.165) is 23.8 Å². The van der Waals surface area contributed by atoms with Crippen molar-refractivity contribution in [1.82, 2.24) is 0 Å². The molecule has 1 saturated carbocycles. The van der Waals surface area contributed by atoms with Crippen LogP contribution in [0.15, 0.2) is 54.6 Å². The van der Waals surface area contributed by atoms with E-state index in [-0.39, 0.29) is 5.82 Å². The Balaban J connectivity index is 1.43.